The van der Waals surface area contributed by atoms with E-state index in [2.05, 4.69) is 23.3 Å². The number of likely N-dealkylation sites (N-methyl/N-ethyl adjacent to an activating group) is 1. The first kappa shape index (κ1) is 12.5. The molecule has 0 bridgehead atoms. The van der Waals surface area contributed by atoms with E-state index in [1.807, 2.05) is 17.0 Å². The van der Waals surface area contributed by atoms with Crippen LogP contribution in [0.2, 0.25) is 0 Å². The Morgan fingerprint density at radius 2 is 2.00 bits per heavy atom. The number of nitrogens with zero attached hydrogens (tertiary/aromatic N) is 2. The van der Waals surface area contributed by atoms with Gasteiger partial charge in [-0.15, -0.1) is 0 Å². The smallest absolute Gasteiger partial charge is 0.256 e. The first-order valence-electron chi connectivity index (χ1n) is 7.09. The number of para-hydroxylation sites is 1. The summed E-state index contributed by atoms with van der Waals surface area (Å²) < 4.78 is 0. The first-order chi connectivity index (χ1) is 9.25. The third-order valence-electron chi connectivity index (χ3n) is 4.10. The molecule has 0 saturated carbocycles. The number of benzene rings is 1. The van der Waals surface area contributed by atoms with Crippen molar-refractivity contribution in [3.8, 4) is 0 Å². The molecule has 0 aromatic heterocycles. The Labute approximate surface area is 114 Å². The van der Waals surface area contributed by atoms with Crippen LogP contribution < -0.4 is 5.32 Å². The molecule has 0 atom stereocenters. The zero-order chi connectivity index (χ0) is 13.2. The number of carbonyl (C=O) groups excluding carboxylic acids is 1. The van der Waals surface area contributed by atoms with Crippen LogP contribution in [0.15, 0.2) is 18.2 Å². The second kappa shape index (κ2) is 5.21. The zero-order valence-corrected chi connectivity index (χ0v) is 11.5. The molecule has 1 N–H and O–H groups in total. The summed E-state index contributed by atoms with van der Waals surface area (Å²) in [6, 6.07) is 6.09. The summed E-state index contributed by atoms with van der Waals surface area (Å²) in [6.07, 6.45) is 2.23. The number of rotatable bonds is 1. The average molecular weight is 259 g/mol. The molecule has 0 radical (unpaired) electrons. The molecular weight excluding hydrogens is 238 g/mol. The Morgan fingerprint density at radius 3 is 2.79 bits per heavy atom. The van der Waals surface area contributed by atoms with Crippen LogP contribution in [0, 0.1) is 0 Å². The predicted molar refractivity (Wildman–Crippen MR) is 76.7 cm³/mol. The fourth-order valence-electron chi connectivity index (χ4n) is 2.87. The summed E-state index contributed by atoms with van der Waals surface area (Å²) in [4.78, 5) is 16.9. The van der Waals surface area contributed by atoms with E-state index >= 15 is 0 Å². The number of hydrogen-bond acceptors (Lipinski definition) is 3. The Kier molecular flexibility index (Phi) is 3.42. The van der Waals surface area contributed by atoms with Crippen LogP contribution in [0.5, 0.6) is 0 Å². The summed E-state index contributed by atoms with van der Waals surface area (Å²) in [6.45, 7) is 4.57. The molecule has 3 rings (SSSR count). The summed E-state index contributed by atoms with van der Waals surface area (Å²) in [5.41, 5.74) is 3.20. The molecule has 1 amide bonds. The standard InChI is InChI=1S/C15H21N3O/c1-17-8-10-18(11-9-17)15(19)13-6-2-4-12-5-3-7-16-14(12)13/h2,4,6,16H,3,5,7-11H2,1H3. The molecule has 1 saturated heterocycles. The maximum Gasteiger partial charge on any atom is 0.256 e. The average Bonchev–Trinajstić information content (AvgIpc) is 2.47. The SMILES string of the molecule is CN1CCN(C(=O)c2cccc3c2NCCC3)CC1. The second-order valence-electron chi connectivity index (χ2n) is 5.47. The van der Waals surface area contributed by atoms with E-state index in [0.717, 1.165) is 56.8 Å². The highest BCUT2D eigenvalue weighted by Crippen LogP contribution is 2.27. The maximum atomic E-state index is 12.6. The molecule has 19 heavy (non-hydrogen) atoms. The highest BCUT2D eigenvalue weighted by Gasteiger charge is 2.24. The molecule has 0 aliphatic carbocycles. The summed E-state index contributed by atoms with van der Waals surface area (Å²) >= 11 is 0. The quantitative estimate of drug-likeness (QED) is 0.829. The number of amides is 1. The third-order valence-corrected chi connectivity index (χ3v) is 4.10. The first-order valence-corrected chi connectivity index (χ1v) is 7.09. The Bertz CT molecular complexity index is 478. The molecule has 4 heteroatoms. The Hall–Kier alpha value is -1.55. The fraction of sp³-hybridized carbons (Fsp3) is 0.533. The molecule has 2 aliphatic heterocycles. The van der Waals surface area contributed by atoms with Crippen molar-refractivity contribution >= 4 is 11.6 Å². The van der Waals surface area contributed by atoms with Gasteiger partial charge in [0.25, 0.3) is 5.91 Å². The van der Waals surface area contributed by atoms with Crippen LogP contribution in [-0.4, -0.2) is 55.5 Å². The molecule has 1 aromatic carbocycles. The normalized spacial score (nSPS) is 19.7. The summed E-state index contributed by atoms with van der Waals surface area (Å²) in [5.74, 6) is 0.180. The van der Waals surface area contributed by atoms with Gasteiger partial charge in [0.2, 0.25) is 0 Å². The second-order valence-corrected chi connectivity index (χ2v) is 5.47. The minimum atomic E-state index is 0.180. The lowest BCUT2D eigenvalue weighted by molar-refractivity contribution is 0.0665. The number of hydrogen-bond donors (Lipinski definition) is 1. The number of fused-ring (bicyclic) bond motifs is 1. The lowest BCUT2D eigenvalue weighted by Gasteiger charge is -2.33. The van der Waals surface area contributed by atoms with Crippen LogP contribution in [0.4, 0.5) is 5.69 Å². The maximum absolute atomic E-state index is 12.6. The number of carbonyl (C=O) groups is 1. The van der Waals surface area contributed by atoms with Crippen LogP contribution in [0.3, 0.4) is 0 Å². The molecule has 102 valence electrons. The number of nitrogens with one attached hydrogen (secondary N) is 1. The predicted octanol–water partition coefficient (Wildman–Crippen LogP) is 1.43. The molecular formula is C15H21N3O. The molecule has 0 unspecified atom stereocenters. The minimum absolute atomic E-state index is 0.180. The number of aryl methyl sites for hydroxylation is 1. The van der Waals surface area contributed by atoms with Gasteiger partial charge in [-0.05, 0) is 31.5 Å². The number of piperazine rings is 1. The van der Waals surface area contributed by atoms with Crippen LogP contribution in [0.25, 0.3) is 0 Å². The molecule has 4 nitrogen and oxygen atoms in total. The van der Waals surface area contributed by atoms with E-state index in [9.17, 15) is 4.79 Å². The van der Waals surface area contributed by atoms with E-state index in [4.69, 9.17) is 0 Å². The van der Waals surface area contributed by atoms with E-state index in [1.165, 1.54) is 5.56 Å². The van der Waals surface area contributed by atoms with Gasteiger partial charge >= 0.3 is 0 Å². The zero-order valence-electron chi connectivity index (χ0n) is 11.5. The van der Waals surface area contributed by atoms with E-state index in [0.29, 0.717) is 0 Å². The van der Waals surface area contributed by atoms with Gasteiger partial charge in [0, 0.05) is 32.7 Å². The monoisotopic (exact) mass is 259 g/mol. The van der Waals surface area contributed by atoms with Crippen LogP contribution in [0.1, 0.15) is 22.3 Å². The molecule has 2 heterocycles. The lowest BCUT2D eigenvalue weighted by Crippen LogP contribution is -2.47. The van der Waals surface area contributed by atoms with Gasteiger partial charge in [-0.1, -0.05) is 12.1 Å². The van der Waals surface area contributed by atoms with E-state index in [-0.39, 0.29) is 5.91 Å². The van der Waals surface area contributed by atoms with Gasteiger partial charge in [0.05, 0.1) is 11.3 Å². The van der Waals surface area contributed by atoms with Crippen molar-refractivity contribution in [3.05, 3.63) is 29.3 Å². The Balaban J connectivity index is 1.83. The topological polar surface area (TPSA) is 35.6 Å². The molecule has 1 fully saturated rings. The fourth-order valence-corrected chi connectivity index (χ4v) is 2.87. The van der Waals surface area contributed by atoms with Gasteiger partial charge in [-0.25, -0.2) is 0 Å². The van der Waals surface area contributed by atoms with Gasteiger partial charge in [0.1, 0.15) is 0 Å². The summed E-state index contributed by atoms with van der Waals surface area (Å²) in [7, 11) is 2.10. The van der Waals surface area contributed by atoms with Gasteiger partial charge in [0.15, 0.2) is 0 Å². The van der Waals surface area contributed by atoms with Gasteiger partial charge in [-0.2, -0.15) is 0 Å². The lowest BCUT2D eigenvalue weighted by atomic mass is 9.98. The van der Waals surface area contributed by atoms with Crippen molar-refractivity contribution in [1.82, 2.24) is 9.80 Å². The van der Waals surface area contributed by atoms with Gasteiger partial charge in [-0.3, -0.25) is 4.79 Å². The van der Waals surface area contributed by atoms with Crippen molar-refractivity contribution in [2.75, 3.05) is 45.1 Å². The van der Waals surface area contributed by atoms with Crippen molar-refractivity contribution in [2.45, 2.75) is 12.8 Å². The number of anilines is 1. The molecule has 0 spiro atoms. The molecule has 1 aromatic rings. The molecule has 2 aliphatic rings. The highest BCUT2D eigenvalue weighted by atomic mass is 16.2. The van der Waals surface area contributed by atoms with Gasteiger partial charge < -0.3 is 15.1 Å². The van der Waals surface area contributed by atoms with Crippen molar-refractivity contribution in [2.24, 2.45) is 0 Å². The van der Waals surface area contributed by atoms with Crippen LogP contribution in [-0.2, 0) is 6.42 Å². The summed E-state index contributed by atoms with van der Waals surface area (Å²) in [5, 5.41) is 3.40. The minimum Gasteiger partial charge on any atom is -0.384 e. The van der Waals surface area contributed by atoms with E-state index < -0.39 is 0 Å². The van der Waals surface area contributed by atoms with Crippen molar-refractivity contribution in [1.29, 1.82) is 0 Å². The van der Waals surface area contributed by atoms with Crippen molar-refractivity contribution < 1.29 is 4.79 Å². The van der Waals surface area contributed by atoms with E-state index in [1.54, 1.807) is 0 Å². The highest BCUT2D eigenvalue weighted by molar-refractivity contribution is 6.00. The third kappa shape index (κ3) is 2.45. The Morgan fingerprint density at radius 1 is 1.21 bits per heavy atom. The van der Waals surface area contributed by atoms with Crippen LogP contribution >= 0.6 is 0 Å². The largest absolute Gasteiger partial charge is 0.384 e. The van der Waals surface area contributed by atoms with Crippen molar-refractivity contribution in [3.63, 3.8) is 0 Å².